The molecule has 1 saturated heterocycles. The van der Waals surface area contributed by atoms with Crippen LogP contribution in [0.4, 0.5) is 0 Å². The largest absolute Gasteiger partial charge is 0.393 e. The summed E-state index contributed by atoms with van der Waals surface area (Å²) in [6, 6.07) is 0.206. The summed E-state index contributed by atoms with van der Waals surface area (Å²) in [7, 11) is 0. The fourth-order valence-corrected chi connectivity index (χ4v) is 12.2. The maximum Gasteiger partial charge on any atom is 0.220 e. The van der Waals surface area contributed by atoms with Crippen molar-refractivity contribution < 1.29 is 19.7 Å². The number of hydrogen-bond acceptors (Lipinski definition) is 5. The van der Waals surface area contributed by atoms with E-state index < -0.39 is 5.60 Å². The Morgan fingerprint density at radius 1 is 0.905 bits per heavy atom. The van der Waals surface area contributed by atoms with Crippen molar-refractivity contribution in [1.82, 2.24) is 5.32 Å². The number of aliphatic hydroxyl groups excluding tert-OH is 1. The van der Waals surface area contributed by atoms with Gasteiger partial charge in [-0.15, -0.1) is 0 Å². The van der Waals surface area contributed by atoms with Gasteiger partial charge < -0.3 is 26.0 Å². The molecule has 5 aliphatic rings. The number of hydrogen-bond donors (Lipinski definition) is 4. The molecule has 6 heteroatoms. The molecule has 0 radical (unpaired) electrons. The number of aliphatic hydroxyl groups is 2. The Balaban J connectivity index is 1.35. The number of ether oxygens (including phenoxy) is 1. The summed E-state index contributed by atoms with van der Waals surface area (Å²) < 4.78 is 6.72. The Kier molecular flexibility index (Phi) is 8.55. The first kappa shape index (κ1) is 32.7. The lowest BCUT2D eigenvalue weighted by Gasteiger charge is -2.71. The van der Waals surface area contributed by atoms with Crippen LogP contribution in [0.1, 0.15) is 139 Å². The minimum Gasteiger partial charge on any atom is -0.393 e. The van der Waals surface area contributed by atoms with Crippen molar-refractivity contribution in [2.75, 3.05) is 6.54 Å². The lowest BCUT2D eigenvalue weighted by Crippen LogP contribution is -2.67. The number of fused-ring (bicyclic) bond motifs is 5. The van der Waals surface area contributed by atoms with E-state index in [0.29, 0.717) is 30.7 Å². The van der Waals surface area contributed by atoms with Crippen molar-refractivity contribution in [3.05, 3.63) is 0 Å². The van der Waals surface area contributed by atoms with Crippen molar-refractivity contribution in [1.29, 1.82) is 0 Å². The van der Waals surface area contributed by atoms with E-state index in [9.17, 15) is 15.0 Å². The second kappa shape index (κ2) is 11.0. The number of nitrogens with two attached hydrogens (primary N) is 1. The highest BCUT2D eigenvalue weighted by Gasteiger charge is 2.72. The van der Waals surface area contributed by atoms with Crippen LogP contribution >= 0.6 is 0 Å². The minimum atomic E-state index is -0.843. The SMILES string of the molecule is CC(C)(O)[C@@H]1CC[C@@](C)([C@H]2CC[C@]3(C)[C@@H]2[C@H](O)C[C@@H]2[C@@]4(C)CC[C@H](NC(=O)CCCCCN)C(C)(C)[C@@H]4CC[C@]23C)O1. The number of carbonyl (C=O) groups is 1. The van der Waals surface area contributed by atoms with Crippen LogP contribution in [0.25, 0.3) is 0 Å². The van der Waals surface area contributed by atoms with Gasteiger partial charge in [0.05, 0.1) is 23.4 Å². The van der Waals surface area contributed by atoms with Gasteiger partial charge >= 0.3 is 0 Å². The zero-order chi connectivity index (χ0) is 30.9. The number of amides is 1. The Morgan fingerprint density at radius 3 is 2.24 bits per heavy atom. The van der Waals surface area contributed by atoms with Gasteiger partial charge in [-0.05, 0) is 143 Å². The van der Waals surface area contributed by atoms with Gasteiger partial charge in [-0.3, -0.25) is 4.79 Å². The number of carbonyl (C=O) groups excluding carboxylic acids is 1. The molecule has 1 heterocycles. The summed E-state index contributed by atoms with van der Waals surface area (Å²) >= 11 is 0. The predicted molar refractivity (Wildman–Crippen MR) is 169 cm³/mol. The molecule has 4 saturated carbocycles. The van der Waals surface area contributed by atoms with Crippen LogP contribution < -0.4 is 11.1 Å². The number of unbranched alkanes of at least 4 members (excludes halogenated alkanes) is 2. The van der Waals surface area contributed by atoms with Gasteiger partial charge in [0.1, 0.15) is 0 Å². The Morgan fingerprint density at radius 2 is 1.60 bits per heavy atom. The molecule has 42 heavy (non-hydrogen) atoms. The first-order valence-electron chi connectivity index (χ1n) is 17.5. The molecule has 11 atom stereocenters. The van der Waals surface area contributed by atoms with Crippen molar-refractivity contribution in [2.45, 2.75) is 168 Å². The Labute approximate surface area is 256 Å². The van der Waals surface area contributed by atoms with Crippen LogP contribution in [0, 0.1) is 45.3 Å². The molecule has 0 bridgehead atoms. The van der Waals surface area contributed by atoms with Gasteiger partial charge in [0.15, 0.2) is 0 Å². The molecule has 0 aromatic heterocycles. The van der Waals surface area contributed by atoms with Crippen molar-refractivity contribution in [2.24, 2.45) is 51.1 Å². The zero-order valence-corrected chi connectivity index (χ0v) is 28.2. The summed E-state index contributed by atoms with van der Waals surface area (Å²) in [4.78, 5) is 12.9. The quantitative estimate of drug-likeness (QED) is 0.247. The molecule has 0 unspecified atom stereocenters. The topological polar surface area (TPSA) is 105 Å². The van der Waals surface area contributed by atoms with Crippen molar-refractivity contribution in [3.63, 3.8) is 0 Å². The highest BCUT2D eigenvalue weighted by atomic mass is 16.5. The summed E-state index contributed by atoms with van der Waals surface area (Å²) in [6.07, 6.45) is 12.5. The molecular weight excluding hydrogens is 524 g/mol. The third-order valence-electron chi connectivity index (χ3n) is 14.8. The van der Waals surface area contributed by atoms with E-state index in [1.165, 1.54) is 12.8 Å². The van der Waals surface area contributed by atoms with Crippen molar-refractivity contribution in [3.8, 4) is 0 Å². The van der Waals surface area contributed by atoms with Gasteiger partial charge in [0.25, 0.3) is 0 Å². The molecule has 5 fully saturated rings. The smallest absolute Gasteiger partial charge is 0.220 e. The van der Waals surface area contributed by atoms with Crippen LogP contribution in [-0.2, 0) is 9.53 Å². The van der Waals surface area contributed by atoms with Crippen LogP contribution in [0.2, 0.25) is 0 Å². The van der Waals surface area contributed by atoms with Gasteiger partial charge in [0, 0.05) is 12.5 Å². The molecule has 242 valence electrons. The summed E-state index contributed by atoms with van der Waals surface area (Å²) in [5, 5.41) is 26.3. The second-order valence-corrected chi connectivity index (χ2v) is 17.6. The van der Waals surface area contributed by atoms with E-state index in [4.69, 9.17) is 10.5 Å². The molecule has 6 nitrogen and oxygen atoms in total. The Bertz CT molecular complexity index is 1010. The highest BCUT2D eigenvalue weighted by molar-refractivity contribution is 5.76. The van der Waals surface area contributed by atoms with Gasteiger partial charge in [-0.2, -0.15) is 0 Å². The third-order valence-corrected chi connectivity index (χ3v) is 14.8. The molecule has 0 spiro atoms. The van der Waals surface area contributed by atoms with Crippen molar-refractivity contribution >= 4 is 5.91 Å². The van der Waals surface area contributed by atoms with E-state index in [1.807, 2.05) is 13.8 Å². The molecule has 1 amide bonds. The Hall–Kier alpha value is -0.690. The third kappa shape index (κ3) is 5.01. The van der Waals surface area contributed by atoms with Gasteiger partial charge in [-0.1, -0.05) is 41.0 Å². The maximum absolute atomic E-state index is 12.9. The molecule has 4 aliphatic carbocycles. The molecular formula is C36H64N2O4. The van der Waals surface area contributed by atoms with Crippen LogP contribution in [0.5, 0.6) is 0 Å². The van der Waals surface area contributed by atoms with Crippen LogP contribution in [-0.4, -0.2) is 52.1 Å². The summed E-state index contributed by atoms with van der Waals surface area (Å²) in [5.41, 5.74) is 4.89. The number of nitrogens with one attached hydrogen (secondary N) is 1. The lowest BCUT2D eigenvalue weighted by atomic mass is 9.35. The number of rotatable bonds is 8. The zero-order valence-electron chi connectivity index (χ0n) is 28.2. The predicted octanol–water partition coefficient (Wildman–Crippen LogP) is 6.35. The average Bonchev–Trinajstić information content (AvgIpc) is 3.48. The second-order valence-electron chi connectivity index (χ2n) is 17.6. The monoisotopic (exact) mass is 588 g/mol. The molecule has 1 aliphatic heterocycles. The van der Waals surface area contributed by atoms with E-state index in [1.54, 1.807) is 0 Å². The first-order chi connectivity index (χ1) is 19.4. The average molecular weight is 589 g/mol. The fourth-order valence-electron chi connectivity index (χ4n) is 12.2. The van der Waals surface area contributed by atoms with E-state index in [2.05, 4.69) is 46.9 Å². The molecule has 5 N–H and O–H groups in total. The molecule has 5 rings (SSSR count). The fraction of sp³-hybridized carbons (Fsp3) is 0.972. The maximum atomic E-state index is 12.9. The molecule has 0 aromatic rings. The highest BCUT2D eigenvalue weighted by Crippen LogP contribution is 2.76. The van der Waals surface area contributed by atoms with E-state index in [0.717, 1.165) is 64.2 Å². The van der Waals surface area contributed by atoms with E-state index in [-0.39, 0.29) is 57.3 Å². The summed E-state index contributed by atoms with van der Waals surface area (Å²) in [6.45, 7) is 19.2. The molecule has 0 aromatic carbocycles. The standard InChI is InChI=1S/C36H64N2O4/c1-31(2)25-14-19-34(6)26(33(25,5)17-15-27(31)38-29(40)12-10-9-11-21-37)22-24(39)30-23(13-18-35(30,34)7)36(8)20-16-28(42-36)32(3,4)41/h23-28,30,39,41H,9-22,37H2,1-8H3,(H,38,40)/t23-,24+,25-,26+,27-,28-,30-,33-,34+,35+,36-/m0/s1. The normalized spacial score (nSPS) is 48.3. The van der Waals surface area contributed by atoms with Crippen LogP contribution in [0.3, 0.4) is 0 Å². The first-order valence-corrected chi connectivity index (χ1v) is 17.5. The van der Waals surface area contributed by atoms with E-state index >= 15 is 0 Å². The van der Waals surface area contributed by atoms with Crippen LogP contribution in [0.15, 0.2) is 0 Å². The summed E-state index contributed by atoms with van der Waals surface area (Å²) in [5.74, 6) is 1.73. The lowest BCUT2D eigenvalue weighted by molar-refractivity contribution is -0.240. The van der Waals surface area contributed by atoms with Gasteiger partial charge in [-0.25, -0.2) is 0 Å². The van der Waals surface area contributed by atoms with Gasteiger partial charge in [0.2, 0.25) is 5.91 Å². The minimum absolute atomic E-state index is 0.0133.